The SMILES string of the molecule is CCOC(=O)N1CCN(c2c(F)cc([N+](=O)[O-])c(N(C=C(C(=O)O)C(=O)O)C3CC3)c2COC)CC1. The number of carbonyl (C=O) groups excluding carboxylic acids is 1. The summed E-state index contributed by atoms with van der Waals surface area (Å²) in [7, 11) is 1.32. The van der Waals surface area contributed by atoms with Crippen molar-refractivity contribution < 1.29 is 43.4 Å². The predicted octanol–water partition coefficient (Wildman–Crippen LogP) is 2.18. The zero-order valence-corrected chi connectivity index (χ0v) is 19.8. The molecule has 1 aromatic carbocycles. The van der Waals surface area contributed by atoms with Gasteiger partial charge >= 0.3 is 18.0 Å². The standard InChI is InChI=1S/C22H27FN4O9/c1-3-36-22(32)25-8-6-24(7-9-25)18-15(12-35-2)19(17(27(33)34)10-16(18)23)26(13-4-5-13)11-14(20(28)29)21(30)31/h10-11,13H,3-9,12H2,1-2H3,(H,28,29)(H,30,31). The molecule has 2 aliphatic rings. The number of carboxylic acids is 2. The maximum Gasteiger partial charge on any atom is 0.409 e. The van der Waals surface area contributed by atoms with Gasteiger partial charge in [-0.05, 0) is 19.8 Å². The fraction of sp³-hybridized carbons (Fsp3) is 0.500. The zero-order chi connectivity index (χ0) is 26.6. The summed E-state index contributed by atoms with van der Waals surface area (Å²) in [6.45, 7) is 2.43. The van der Waals surface area contributed by atoms with E-state index >= 15 is 4.39 Å². The van der Waals surface area contributed by atoms with Crippen molar-refractivity contribution in [2.75, 3.05) is 49.7 Å². The molecule has 1 heterocycles. The van der Waals surface area contributed by atoms with Gasteiger partial charge in [0, 0.05) is 51.1 Å². The van der Waals surface area contributed by atoms with Crippen LogP contribution in [0.25, 0.3) is 0 Å². The van der Waals surface area contributed by atoms with Gasteiger partial charge in [0.2, 0.25) is 0 Å². The number of carbonyl (C=O) groups is 3. The number of rotatable bonds is 10. The second kappa shape index (κ2) is 11.2. The molecule has 0 aromatic heterocycles. The third-order valence-electron chi connectivity index (χ3n) is 5.84. The molecule has 0 spiro atoms. The minimum absolute atomic E-state index is 0.00667. The molecule has 0 radical (unpaired) electrons. The lowest BCUT2D eigenvalue weighted by Gasteiger charge is -2.37. The molecule has 14 heteroatoms. The number of nitrogens with zero attached hydrogens (tertiary/aromatic N) is 4. The largest absolute Gasteiger partial charge is 0.477 e. The van der Waals surface area contributed by atoms with E-state index in [1.54, 1.807) is 11.8 Å². The number of carboxylic acid groups (broad SMARTS) is 2. The van der Waals surface area contributed by atoms with Crippen molar-refractivity contribution in [3.8, 4) is 0 Å². The van der Waals surface area contributed by atoms with Crippen molar-refractivity contribution in [2.24, 2.45) is 0 Å². The molecule has 1 aliphatic carbocycles. The van der Waals surface area contributed by atoms with Gasteiger partial charge in [0.05, 0.1) is 29.9 Å². The van der Waals surface area contributed by atoms with Crippen molar-refractivity contribution in [1.29, 1.82) is 0 Å². The van der Waals surface area contributed by atoms with Gasteiger partial charge in [0.1, 0.15) is 5.69 Å². The first-order valence-electron chi connectivity index (χ1n) is 11.2. The Balaban J connectivity index is 2.15. The maximum absolute atomic E-state index is 15.4. The number of halogens is 1. The molecule has 1 aromatic rings. The molecule has 2 N–H and O–H groups in total. The molecule has 13 nitrogen and oxygen atoms in total. The summed E-state index contributed by atoms with van der Waals surface area (Å²) >= 11 is 0. The zero-order valence-electron chi connectivity index (χ0n) is 19.8. The molecule has 3 rings (SSSR count). The molecule has 0 unspecified atom stereocenters. The first kappa shape index (κ1) is 26.7. The highest BCUT2D eigenvalue weighted by Crippen LogP contribution is 2.45. The number of aliphatic carboxylic acids is 2. The number of amides is 1. The number of methoxy groups -OCH3 is 1. The monoisotopic (exact) mass is 510 g/mol. The van der Waals surface area contributed by atoms with Gasteiger partial charge in [-0.3, -0.25) is 10.1 Å². The lowest BCUT2D eigenvalue weighted by atomic mass is 10.0. The summed E-state index contributed by atoms with van der Waals surface area (Å²) in [5, 5.41) is 30.7. The van der Waals surface area contributed by atoms with Gasteiger partial charge in [-0.2, -0.15) is 0 Å². The lowest BCUT2D eigenvalue weighted by Crippen LogP contribution is -2.49. The Morgan fingerprint density at radius 1 is 1.22 bits per heavy atom. The van der Waals surface area contributed by atoms with Crippen molar-refractivity contribution in [3.05, 3.63) is 39.3 Å². The van der Waals surface area contributed by atoms with E-state index in [4.69, 9.17) is 9.47 Å². The molecule has 1 amide bonds. The summed E-state index contributed by atoms with van der Waals surface area (Å²) in [5.41, 5.74) is -1.69. The van der Waals surface area contributed by atoms with Crippen LogP contribution in [0, 0.1) is 15.9 Å². The van der Waals surface area contributed by atoms with E-state index in [1.807, 2.05) is 0 Å². The summed E-state index contributed by atoms with van der Waals surface area (Å²) in [6.07, 6.45) is 1.39. The van der Waals surface area contributed by atoms with Gasteiger partial charge in [0.25, 0.3) is 5.69 Å². The Labute approximate surface area is 205 Å². The molecule has 196 valence electrons. The fourth-order valence-corrected chi connectivity index (χ4v) is 4.09. The van der Waals surface area contributed by atoms with E-state index in [0.29, 0.717) is 12.8 Å². The van der Waals surface area contributed by atoms with Crippen LogP contribution in [0.4, 0.5) is 26.2 Å². The van der Waals surface area contributed by atoms with Crippen LogP contribution in [0.1, 0.15) is 25.3 Å². The average Bonchev–Trinajstić information content (AvgIpc) is 3.65. The molecule has 1 saturated carbocycles. The Bertz CT molecular complexity index is 1070. The molecule has 1 saturated heterocycles. The van der Waals surface area contributed by atoms with Gasteiger partial charge in [-0.15, -0.1) is 0 Å². The first-order chi connectivity index (χ1) is 17.1. The normalized spacial score (nSPS) is 15.3. The second-order valence-electron chi connectivity index (χ2n) is 8.21. The van der Waals surface area contributed by atoms with Crippen molar-refractivity contribution in [1.82, 2.24) is 4.90 Å². The van der Waals surface area contributed by atoms with E-state index in [1.165, 1.54) is 16.9 Å². The quantitative estimate of drug-likeness (QED) is 0.156. The Morgan fingerprint density at radius 3 is 2.31 bits per heavy atom. The van der Waals surface area contributed by atoms with Crippen LogP contribution in [0.2, 0.25) is 0 Å². The van der Waals surface area contributed by atoms with E-state index in [2.05, 4.69) is 0 Å². The smallest absolute Gasteiger partial charge is 0.409 e. The van der Waals surface area contributed by atoms with E-state index in [9.17, 15) is 34.7 Å². The Hall–Kier alpha value is -3.94. The third-order valence-corrected chi connectivity index (χ3v) is 5.84. The number of hydrogen-bond acceptors (Lipinski definition) is 9. The highest BCUT2D eigenvalue weighted by Gasteiger charge is 2.38. The van der Waals surface area contributed by atoms with Gasteiger partial charge in [0.15, 0.2) is 11.4 Å². The van der Waals surface area contributed by atoms with Crippen molar-refractivity contribution in [3.63, 3.8) is 0 Å². The minimum Gasteiger partial charge on any atom is -0.477 e. The van der Waals surface area contributed by atoms with Crippen LogP contribution < -0.4 is 9.80 Å². The lowest BCUT2D eigenvalue weighted by molar-refractivity contribution is -0.384. The number of anilines is 2. The number of nitro benzene ring substituents is 1. The maximum atomic E-state index is 15.4. The second-order valence-corrected chi connectivity index (χ2v) is 8.21. The van der Waals surface area contributed by atoms with Crippen LogP contribution in [0.3, 0.4) is 0 Å². The van der Waals surface area contributed by atoms with Crippen LogP contribution in [0.5, 0.6) is 0 Å². The fourth-order valence-electron chi connectivity index (χ4n) is 4.09. The highest BCUT2D eigenvalue weighted by atomic mass is 19.1. The highest BCUT2D eigenvalue weighted by molar-refractivity contribution is 6.12. The topological polar surface area (TPSA) is 163 Å². The summed E-state index contributed by atoms with van der Waals surface area (Å²) in [6, 6.07) is 0.332. The van der Waals surface area contributed by atoms with Crippen LogP contribution >= 0.6 is 0 Å². The van der Waals surface area contributed by atoms with Crippen LogP contribution in [0.15, 0.2) is 17.8 Å². The van der Waals surface area contributed by atoms with Crippen molar-refractivity contribution in [2.45, 2.75) is 32.4 Å². The number of nitro groups is 1. The van der Waals surface area contributed by atoms with Gasteiger partial charge in [-0.25, -0.2) is 18.8 Å². The molecular formula is C22H27FN4O9. The first-order valence-corrected chi connectivity index (χ1v) is 11.2. The van der Waals surface area contributed by atoms with E-state index in [-0.39, 0.29) is 56.3 Å². The molecular weight excluding hydrogens is 483 g/mol. The van der Waals surface area contributed by atoms with Gasteiger partial charge in [-0.1, -0.05) is 0 Å². The van der Waals surface area contributed by atoms with E-state index < -0.39 is 46.1 Å². The number of piperazine rings is 1. The molecule has 2 fully saturated rings. The number of ether oxygens (including phenoxy) is 2. The molecule has 0 bridgehead atoms. The Morgan fingerprint density at radius 2 is 1.83 bits per heavy atom. The van der Waals surface area contributed by atoms with Crippen LogP contribution in [-0.2, 0) is 25.7 Å². The average molecular weight is 510 g/mol. The molecule has 36 heavy (non-hydrogen) atoms. The number of hydrogen-bond donors (Lipinski definition) is 2. The molecule has 1 aliphatic heterocycles. The summed E-state index contributed by atoms with van der Waals surface area (Å²) in [5.74, 6) is -4.33. The Kier molecular flexibility index (Phi) is 8.29. The van der Waals surface area contributed by atoms with Crippen molar-refractivity contribution >= 4 is 35.1 Å². The minimum atomic E-state index is -1.72. The molecule has 0 atom stereocenters. The van der Waals surface area contributed by atoms with Crippen LogP contribution in [-0.4, -0.2) is 84.0 Å². The summed E-state index contributed by atoms with van der Waals surface area (Å²) in [4.78, 5) is 50.6. The predicted molar refractivity (Wildman–Crippen MR) is 123 cm³/mol. The number of benzene rings is 1. The van der Waals surface area contributed by atoms with E-state index in [0.717, 1.165) is 12.3 Å². The van der Waals surface area contributed by atoms with Gasteiger partial charge < -0.3 is 34.4 Å². The third kappa shape index (κ3) is 5.64. The summed E-state index contributed by atoms with van der Waals surface area (Å²) < 4.78 is 25.7.